The number of nitrogens with one attached hydrogen (secondary N) is 1. The average molecular weight is 289 g/mol. The molecule has 0 amide bonds. The van der Waals surface area contributed by atoms with E-state index < -0.39 is 16.0 Å². The Kier molecular flexibility index (Phi) is 6.04. The molecule has 19 heavy (non-hydrogen) atoms. The van der Waals surface area contributed by atoms with Crippen LogP contribution in [0.25, 0.3) is 0 Å². The molecule has 108 valence electrons. The van der Waals surface area contributed by atoms with E-state index in [0.29, 0.717) is 12.8 Å². The normalized spacial score (nSPS) is 13.3. The van der Waals surface area contributed by atoms with Gasteiger partial charge in [0.15, 0.2) is 0 Å². The molecule has 0 aromatic carbocycles. The standard InChI is InChI=1S/C12H19NO5S/c1-10(6-7-11-4-2-8-18-11)13-19(16,17)9-3-5-12(14)15/h2,4,8,10,13H,3,5-7,9H2,1H3,(H,14,15). The van der Waals surface area contributed by atoms with Crippen molar-refractivity contribution in [3.8, 4) is 0 Å². The number of carboxylic acids is 1. The highest BCUT2D eigenvalue weighted by atomic mass is 32.2. The molecule has 1 rings (SSSR count). The predicted molar refractivity (Wildman–Crippen MR) is 70.3 cm³/mol. The third kappa shape index (κ3) is 6.97. The van der Waals surface area contributed by atoms with Gasteiger partial charge < -0.3 is 9.52 Å². The van der Waals surface area contributed by atoms with E-state index in [-0.39, 0.29) is 24.6 Å². The van der Waals surface area contributed by atoms with Crippen molar-refractivity contribution in [1.82, 2.24) is 4.72 Å². The molecule has 1 atom stereocenters. The lowest BCUT2D eigenvalue weighted by atomic mass is 10.2. The molecule has 7 heteroatoms. The van der Waals surface area contributed by atoms with Gasteiger partial charge in [-0.2, -0.15) is 0 Å². The van der Waals surface area contributed by atoms with Crippen LogP contribution < -0.4 is 4.72 Å². The summed E-state index contributed by atoms with van der Waals surface area (Å²) in [6, 6.07) is 3.42. The maximum atomic E-state index is 11.7. The number of furan rings is 1. The van der Waals surface area contributed by atoms with Crippen molar-refractivity contribution >= 4 is 16.0 Å². The Balaban J connectivity index is 2.29. The van der Waals surface area contributed by atoms with Crippen LogP contribution in [-0.2, 0) is 21.2 Å². The van der Waals surface area contributed by atoms with E-state index in [1.807, 2.05) is 6.07 Å². The molecular formula is C12H19NO5S. The molecule has 6 nitrogen and oxygen atoms in total. The van der Waals surface area contributed by atoms with Gasteiger partial charge in [0.2, 0.25) is 10.0 Å². The first-order valence-corrected chi connectivity index (χ1v) is 7.78. The van der Waals surface area contributed by atoms with Crippen molar-refractivity contribution in [3.05, 3.63) is 24.2 Å². The molecule has 0 radical (unpaired) electrons. The Morgan fingerprint density at radius 2 is 2.26 bits per heavy atom. The number of sulfonamides is 1. The van der Waals surface area contributed by atoms with E-state index in [1.54, 1.807) is 19.3 Å². The Bertz CT molecular complexity index is 480. The van der Waals surface area contributed by atoms with E-state index in [2.05, 4.69) is 4.72 Å². The monoisotopic (exact) mass is 289 g/mol. The van der Waals surface area contributed by atoms with Gasteiger partial charge in [0.25, 0.3) is 0 Å². The number of rotatable bonds is 9. The average Bonchev–Trinajstić information content (AvgIpc) is 2.77. The molecule has 1 unspecified atom stereocenters. The van der Waals surface area contributed by atoms with Crippen LogP contribution in [0.5, 0.6) is 0 Å². The van der Waals surface area contributed by atoms with Crippen molar-refractivity contribution in [3.63, 3.8) is 0 Å². The van der Waals surface area contributed by atoms with E-state index in [4.69, 9.17) is 9.52 Å². The lowest BCUT2D eigenvalue weighted by Gasteiger charge is -2.13. The lowest BCUT2D eigenvalue weighted by molar-refractivity contribution is -0.137. The molecule has 0 saturated heterocycles. The summed E-state index contributed by atoms with van der Waals surface area (Å²) in [6.07, 6.45) is 2.85. The summed E-state index contributed by atoms with van der Waals surface area (Å²) in [6.45, 7) is 1.78. The second-order valence-electron chi connectivity index (χ2n) is 4.45. The van der Waals surface area contributed by atoms with Crippen LogP contribution in [0.2, 0.25) is 0 Å². The Morgan fingerprint density at radius 1 is 1.53 bits per heavy atom. The minimum Gasteiger partial charge on any atom is -0.481 e. The lowest BCUT2D eigenvalue weighted by Crippen LogP contribution is -2.34. The second kappa shape index (κ2) is 7.30. The van der Waals surface area contributed by atoms with Crippen molar-refractivity contribution in [2.45, 2.75) is 38.6 Å². The van der Waals surface area contributed by atoms with E-state index in [0.717, 1.165) is 5.76 Å². The molecule has 0 bridgehead atoms. The second-order valence-corrected chi connectivity index (χ2v) is 6.33. The zero-order chi connectivity index (χ0) is 14.3. The topological polar surface area (TPSA) is 96.6 Å². The molecule has 0 aliphatic rings. The molecule has 0 aliphatic carbocycles. The van der Waals surface area contributed by atoms with Crippen molar-refractivity contribution in [2.24, 2.45) is 0 Å². The molecular weight excluding hydrogens is 270 g/mol. The first-order valence-electron chi connectivity index (χ1n) is 6.13. The number of hydrogen-bond donors (Lipinski definition) is 2. The zero-order valence-corrected chi connectivity index (χ0v) is 11.6. The fraction of sp³-hybridized carbons (Fsp3) is 0.583. The van der Waals surface area contributed by atoms with Crippen LogP contribution in [0.1, 0.15) is 31.9 Å². The van der Waals surface area contributed by atoms with Crippen LogP contribution in [0.4, 0.5) is 0 Å². The first-order chi connectivity index (χ1) is 8.89. The van der Waals surface area contributed by atoms with Gasteiger partial charge in [0.1, 0.15) is 5.76 Å². The summed E-state index contributed by atoms with van der Waals surface area (Å²) in [7, 11) is -3.41. The van der Waals surface area contributed by atoms with Gasteiger partial charge in [-0.1, -0.05) is 0 Å². The fourth-order valence-electron chi connectivity index (χ4n) is 1.65. The van der Waals surface area contributed by atoms with Gasteiger partial charge in [0.05, 0.1) is 12.0 Å². The molecule has 0 fully saturated rings. The Morgan fingerprint density at radius 3 is 2.84 bits per heavy atom. The van der Waals surface area contributed by atoms with Crippen LogP contribution >= 0.6 is 0 Å². The SMILES string of the molecule is CC(CCc1ccco1)NS(=O)(=O)CCCC(=O)O. The molecule has 1 aromatic rings. The third-order valence-electron chi connectivity index (χ3n) is 2.59. The van der Waals surface area contributed by atoms with E-state index >= 15 is 0 Å². The van der Waals surface area contributed by atoms with Crippen LogP contribution in [-0.4, -0.2) is 31.3 Å². The number of hydrogen-bond acceptors (Lipinski definition) is 4. The molecule has 1 aromatic heterocycles. The number of aliphatic carboxylic acids is 1. The molecule has 0 aliphatic heterocycles. The predicted octanol–water partition coefficient (Wildman–Crippen LogP) is 1.38. The quantitative estimate of drug-likeness (QED) is 0.716. The number of carbonyl (C=O) groups is 1. The molecule has 2 N–H and O–H groups in total. The van der Waals surface area contributed by atoms with Crippen molar-refractivity contribution < 1.29 is 22.7 Å². The fourth-order valence-corrected chi connectivity index (χ4v) is 3.02. The highest BCUT2D eigenvalue weighted by molar-refractivity contribution is 7.89. The van der Waals surface area contributed by atoms with E-state index in [1.165, 1.54) is 0 Å². The van der Waals surface area contributed by atoms with Gasteiger partial charge in [0, 0.05) is 18.9 Å². The molecule has 0 saturated carbocycles. The largest absolute Gasteiger partial charge is 0.481 e. The maximum Gasteiger partial charge on any atom is 0.303 e. The summed E-state index contributed by atoms with van der Waals surface area (Å²) in [5, 5.41) is 8.46. The summed E-state index contributed by atoms with van der Waals surface area (Å²) < 4.78 is 31.0. The highest BCUT2D eigenvalue weighted by Crippen LogP contribution is 2.07. The number of carboxylic acid groups (broad SMARTS) is 1. The first kappa shape index (κ1) is 15.7. The van der Waals surface area contributed by atoms with Crippen LogP contribution in [0, 0.1) is 0 Å². The van der Waals surface area contributed by atoms with Gasteiger partial charge in [-0.05, 0) is 31.9 Å². The summed E-state index contributed by atoms with van der Waals surface area (Å²) in [5.41, 5.74) is 0. The maximum absolute atomic E-state index is 11.7. The van der Waals surface area contributed by atoms with Crippen LogP contribution in [0.15, 0.2) is 22.8 Å². The summed E-state index contributed by atoms with van der Waals surface area (Å²) in [5.74, 6) is -0.331. The van der Waals surface area contributed by atoms with Crippen molar-refractivity contribution in [2.75, 3.05) is 5.75 Å². The van der Waals surface area contributed by atoms with Crippen molar-refractivity contribution in [1.29, 1.82) is 0 Å². The van der Waals surface area contributed by atoms with E-state index in [9.17, 15) is 13.2 Å². The van der Waals surface area contributed by atoms with Gasteiger partial charge in [-0.25, -0.2) is 13.1 Å². The smallest absolute Gasteiger partial charge is 0.303 e. The Labute approximate surface area is 112 Å². The summed E-state index contributed by atoms with van der Waals surface area (Å²) in [4.78, 5) is 10.3. The van der Waals surface area contributed by atoms with Gasteiger partial charge in [-0.15, -0.1) is 0 Å². The number of aryl methyl sites for hydroxylation is 1. The van der Waals surface area contributed by atoms with Gasteiger partial charge >= 0.3 is 5.97 Å². The Hall–Kier alpha value is -1.34. The minimum atomic E-state index is -3.41. The summed E-state index contributed by atoms with van der Waals surface area (Å²) >= 11 is 0. The third-order valence-corrected chi connectivity index (χ3v) is 4.18. The van der Waals surface area contributed by atoms with Gasteiger partial charge in [-0.3, -0.25) is 4.79 Å². The molecule has 1 heterocycles. The zero-order valence-electron chi connectivity index (χ0n) is 10.8. The highest BCUT2D eigenvalue weighted by Gasteiger charge is 2.15. The van der Waals surface area contributed by atoms with Crippen LogP contribution in [0.3, 0.4) is 0 Å². The minimum absolute atomic E-state index is 0.121. The molecule has 0 spiro atoms.